The standard InChI is InChI=1S/C42H36N4O6S2/c1-50-37-22-15-31(24-38(37)51-2)36-26-54-42(45-36)46-39(47)27-53-34-20-16-32(17-21-34)43-41(49)35(44-40(48)30-11-7-4-8-12-30)23-28-13-18-33(19-14-28)52-25-29-9-5-3-6-10-29/h3-24,26H,25,27H2,1-2H3,(H,43,49)(H,44,48)(H,45,46,47)/b35-23-. The highest BCUT2D eigenvalue weighted by Crippen LogP contribution is 2.33. The zero-order valence-electron chi connectivity index (χ0n) is 29.4. The molecule has 0 spiro atoms. The summed E-state index contributed by atoms with van der Waals surface area (Å²) in [5, 5.41) is 10.8. The number of nitrogens with zero attached hydrogens (tertiary/aromatic N) is 1. The van der Waals surface area contributed by atoms with E-state index in [4.69, 9.17) is 14.2 Å². The summed E-state index contributed by atoms with van der Waals surface area (Å²) in [6, 6.07) is 38.4. The summed E-state index contributed by atoms with van der Waals surface area (Å²) in [5.41, 5.74) is 4.29. The molecule has 10 nitrogen and oxygen atoms in total. The third-order valence-corrected chi connectivity index (χ3v) is 9.65. The number of thiazole rings is 1. The van der Waals surface area contributed by atoms with Gasteiger partial charge in [-0.3, -0.25) is 14.4 Å². The molecule has 1 heterocycles. The molecule has 0 aliphatic heterocycles. The molecule has 0 saturated carbocycles. The Morgan fingerprint density at radius 2 is 1.48 bits per heavy atom. The predicted molar refractivity (Wildman–Crippen MR) is 214 cm³/mol. The first-order valence-corrected chi connectivity index (χ1v) is 18.6. The highest BCUT2D eigenvalue weighted by molar-refractivity contribution is 8.00. The fraction of sp³-hybridized carbons (Fsp3) is 0.0952. The number of rotatable bonds is 15. The second-order valence-corrected chi connectivity index (χ2v) is 13.6. The molecule has 3 amide bonds. The van der Waals surface area contributed by atoms with E-state index in [1.165, 1.54) is 23.1 Å². The maximum Gasteiger partial charge on any atom is 0.272 e. The van der Waals surface area contributed by atoms with Gasteiger partial charge >= 0.3 is 0 Å². The van der Waals surface area contributed by atoms with Gasteiger partial charge in [0.15, 0.2) is 16.6 Å². The van der Waals surface area contributed by atoms with Crippen molar-refractivity contribution < 1.29 is 28.6 Å². The highest BCUT2D eigenvalue weighted by atomic mass is 32.2. The normalized spacial score (nSPS) is 11.0. The van der Waals surface area contributed by atoms with E-state index in [0.29, 0.717) is 51.5 Å². The van der Waals surface area contributed by atoms with Gasteiger partial charge in [0.25, 0.3) is 11.8 Å². The topological polar surface area (TPSA) is 128 Å². The van der Waals surface area contributed by atoms with Crippen molar-refractivity contribution in [3.8, 4) is 28.5 Å². The lowest BCUT2D eigenvalue weighted by Crippen LogP contribution is -2.30. The van der Waals surface area contributed by atoms with Crippen LogP contribution in [0.5, 0.6) is 17.2 Å². The van der Waals surface area contributed by atoms with Crippen molar-refractivity contribution >= 4 is 57.7 Å². The Balaban J connectivity index is 1.05. The van der Waals surface area contributed by atoms with Gasteiger partial charge in [-0.1, -0.05) is 60.7 Å². The molecule has 1 aromatic heterocycles. The van der Waals surface area contributed by atoms with E-state index in [0.717, 1.165) is 16.0 Å². The third kappa shape index (κ3) is 10.4. The number of amides is 3. The van der Waals surface area contributed by atoms with E-state index in [1.807, 2.05) is 96.4 Å². The van der Waals surface area contributed by atoms with Gasteiger partial charge in [0.05, 0.1) is 25.7 Å². The molecule has 0 bridgehead atoms. The van der Waals surface area contributed by atoms with Crippen molar-refractivity contribution in [2.24, 2.45) is 0 Å². The Bertz CT molecular complexity index is 2230. The molecule has 3 N–H and O–H groups in total. The van der Waals surface area contributed by atoms with Crippen LogP contribution in [0.25, 0.3) is 17.3 Å². The monoisotopic (exact) mass is 756 g/mol. The zero-order chi connectivity index (χ0) is 37.7. The van der Waals surface area contributed by atoms with Crippen LogP contribution in [0.3, 0.4) is 0 Å². The molecule has 0 unspecified atom stereocenters. The van der Waals surface area contributed by atoms with Crippen LogP contribution in [0, 0.1) is 0 Å². The van der Waals surface area contributed by atoms with Gasteiger partial charge in [-0.05, 0) is 83.9 Å². The number of benzene rings is 5. The molecule has 0 aliphatic carbocycles. The van der Waals surface area contributed by atoms with Crippen molar-refractivity contribution in [1.82, 2.24) is 10.3 Å². The van der Waals surface area contributed by atoms with Gasteiger partial charge in [-0.25, -0.2) is 4.98 Å². The second-order valence-electron chi connectivity index (χ2n) is 11.6. The Labute approximate surface area is 321 Å². The maximum atomic E-state index is 13.5. The summed E-state index contributed by atoms with van der Waals surface area (Å²) in [4.78, 5) is 44.7. The zero-order valence-corrected chi connectivity index (χ0v) is 31.0. The Hall–Kier alpha value is -6.37. The van der Waals surface area contributed by atoms with E-state index >= 15 is 0 Å². The van der Waals surface area contributed by atoms with Crippen LogP contribution in [0.4, 0.5) is 10.8 Å². The van der Waals surface area contributed by atoms with E-state index in [1.54, 1.807) is 56.7 Å². The summed E-state index contributed by atoms with van der Waals surface area (Å²) in [6.45, 7) is 0.428. The molecule has 0 aliphatic rings. The first-order valence-electron chi connectivity index (χ1n) is 16.7. The number of methoxy groups -OCH3 is 2. The van der Waals surface area contributed by atoms with Crippen LogP contribution in [0.1, 0.15) is 21.5 Å². The minimum Gasteiger partial charge on any atom is -0.493 e. The van der Waals surface area contributed by atoms with Crippen molar-refractivity contribution in [3.63, 3.8) is 0 Å². The number of hydrogen-bond acceptors (Lipinski definition) is 9. The van der Waals surface area contributed by atoms with E-state index in [-0.39, 0.29) is 17.4 Å². The summed E-state index contributed by atoms with van der Waals surface area (Å²) < 4.78 is 16.6. The largest absolute Gasteiger partial charge is 0.493 e. The third-order valence-electron chi connectivity index (χ3n) is 7.88. The smallest absolute Gasteiger partial charge is 0.272 e. The van der Waals surface area contributed by atoms with Crippen LogP contribution >= 0.6 is 23.1 Å². The Kier molecular flexibility index (Phi) is 12.7. The van der Waals surface area contributed by atoms with Gasteiger partial charge in [-0.2, -0.15) is 0 Å². The number of aromatic nitrogens is 1. The highest BCUT2D eigenvalue weighted by Gasteiger charge is 2.16. The van der Waals surface area contributed by atoms with E-state index < -0.39 is 11.8 Å². The van der Waals surface area contributed by atoms with Crippen LogP contribution in [-0.2, 0) is 16.2 Å². The minimum atomic E-state index is -0.501. The number of nitrogens with one attached hydrogen (secondary N) is 3. The number of carbonyl (C=O) groups is 3. The number of carbonyl (C=O) groups excluding carboxylic acids is 3. The van der Waals surface area contributed by atoms with Crippen LogP contribution in [-0.4, -0.2) is 42.7 Å². The second kappa shape index (κ2) is 18.4. The lowest BCUT2D eigenvalue weighted by Gasteiger charge is -2.12. The Morgan fingerprint density at radius 3 is 2.19 bits per heavy atom. The summed E-state index contributed by atoms with van der Waals surface area (Å²) >= 11 is 2.68. The van der Waals surface area contributed by atoms with Gasteiger partial charge in [0, 0.05) is 27.1 Å². The van der Waals surface area contributed by atoms with Crippen molar-refractivity contribution in [1.29, 1.82) is 0 Å². The molecular weight excluding hydrogens is 721 g/mol. The molecule has 12 heteroatoms. The van der Waals surface area contributed by atoms with Crippen LogP contribution < -0.4 is 30.2 Å². The SMILES string of the molecule is COc1ccc(-c2csc(NC(=O)CSc3ccc(NC(=O)/C(=C/c4ccc(OCc5ccccc5)cc4)NC(=O)c4ccccc4)cc3)n2)cc1OC. The fourth-order valence-corrected chi connectivity index (χ4v) is 6.54. The van der Waals surface area contributed by atoms with Gasteiger partial charge in [0.1, 0.15) is 18.1 Å². The lowest BCUT2D eigenvalue weighted by atomic mass is 10.1. The van der Waals surface area contributed by atoms with Crippen LogP contribution in [0.2, 0.25) is 0 Å². The molecule has 5 aromatic carbocycles. The first-order chi connectivity index (χ1) is 26.4. The van der Waals surface area contributed by atoms with Gasteiger partial charge < -0.3 is 30.2 Å². The van der Waals surface area contributed by atoms with E-state index in [2.05, 4.69) is 20.9 Å². The summed E-state index contributed by atoms with van der Waals surface area (Å²) in [7, 11) is 3.15. The molecule has 54 heavy (non-hydrogen) atoms. The fourth-order valence-electron chi connectivity index (χ4n) is 5.11. The molecule has 0 radical (unpaired) electrons. The first kappa shape index (κ1) is 37.4. The lowest BCUT2D eigenvalue weighted by molar-refractivity contribution is -0.114. The number of ether oxygens (including phenoxy) is 3. The average molecular weight is 757 g/mol. The molecule has 0 saturated heterocycles. The predicted octanol–water partition coefficient (Wildman–Crippen LogP) is 8.55. The van der Waals surface area contributed by atoms with Crippen molar-refractivity contribution in [2.75, 3.05) is 30.6 Å². The summed E-state index contributed by atoms with van der Waals surface area (Å²) in [6.07, 6.45) is 1.61. The number of thioether (sulfide) groups is 1. The minimum absolute atomic E-state index is 0.0633. The quantitative estimate of drug-likeness (QED) is 0.0703. The van der Waals surface area contributed by atoms with Crippen molar-refractivity contribution in [2.45, 2.75) is 11.5 Å². The number of hydrogen-bond donors (Lipinski definition) is 3. The number of anilines is 2. The Morgan fingerprint density at radius 1 is 0.778 bits per heavy atom. The summed E-state index contributed by atoms with van der Waals surface area (Å²) in [5.74, 6) is 0.924. The van der Waals surface area contributed by atoms with Crippen molar-refractivity contribution in [3.05, 3.63) is 155 Å². The molecule has 0 atom stereocenters. The molecule has 6 aromatic rings. The average Bonchev–Trinajstić information content (AvgIpc) is 3.68. The molecular formula is C42H36N4O6S2. The van der Waals surface area contributed by atoms with Gasteiger partial charge in [-0.15, -0.1) is 23.1 Å². The van der Waals surface area contributed by atoms with E-state index in [9.17, 15) is 14.4 Å². The maximum absolute atomic E-state index is 13.5. The molecule has 6 rings (SSSR count). The molecule has 272 valence electrons. The van der Waals surface area contributed by atoms with Gasteiger partial charge in [0.2, 0.25) is 5.91 Å². The van der Waals surface area contributed by atoms with Crippen LogP contribution in [0.15, 0.2) is 143 Å². The molecule has 0 fully saturated rings.